The normalized spacial score (nSPS) is 15.1. The molecule has 1 aliphatic heterocycles. The van der Waals surface area contributed by atoms with Crippen molar-refractivity contribution in [2.24, 2.45) is 0 Å². The number of hydrogen-bond donors (Lipinski definition) is 2. The molecule has 2 amide bonds. The number of thioether (sulfide) groups is 1. The van der Waals surface area contributed by atoms with Crippen LogP contribution in [0.4, 0.5) is 4.39 Å². The van der Waals surface area contributed by atoms with Crippen LogP contribution in [0.3, 0.4) is 0 Å². The summed E-state index contributed by atoms with van der Waals surface area (Å²) in [5.74, 6) is -0.393. The summed E-state index contributed by atoms with van der Waals surface area (Å²) >= 11 is 6.50. The molecule has 0 saturated carbocycles. The molecule has 0 aliphatic carbocycles. The highest BCUT2D eigenvalue weighted by Gasteiger charge is 2.31. The fourth-order valence-corrected chi connectivity index (χ4v) is 4.21. The minimum Gasteiger partial charge on any atom is -0.508 e. The van der Waals surface area contributed by atoms with Crippen molar-refractivity contribution in [1.82, 2.24) is 10.2 Å². The summed E-state index contributed by atoms with van der Waals surface area (Å²) in [4.78, 5) is 26.6. The zero-order chi connectivity index (χ0) is 21.5. The molecule has 0 atom stereocenters. The van der Waals surface area contributed by atoms with E-state index in [2.05, 4.69) is 5.32 Å². The van der Waals surface area contributed by atoms with Crippen molar-refractivity contribution in [2.75, 3.05) is 13.1 Å². The number of carbonyl (C=O) groups is 2. The second-order valence-corrected chi connectivity index (χ2v) is 8.43. The number of thiocarbonyl (C=S) groups is 1. The van der Waals surface area contributed by atoms with Gasteiger partial charge in [-0.15, -0.1) is 0 Å². The number of halogens is 1. The molecular formula is C22H21FN2O3S2. The molecule has 0 aromatic heterocycles. The molecule has 1 aliphatic rings. The highest BCUT2D eigenvalue weighted by Crippen LogP contribution is 2.32. The standard InChI is InChI=1S/C22H21FN2O3S2/c23-17-7-3-16(4-8-17)14-19-21(28)25(22(29)30-19)13-1-2-20(27)24-12-11-15-5-9-18(26)10-6-15/h3-10,14,26H,1-2,11-13H2,(H,24,27)/b19-14-. The highest BCUT2D eigenvalue weighted by molar-refractivity contribution is 8.26. The lowest BCUT2D eigenvalue weighted by Crippen LogP contribution is -2.31. The summed E-state index contributed by atoms with van der Waals surface area (Å²) in [6.07, 6.45) is 3.16. The molecule has 2 aromatic rings. The zero-order valence-corrected chi connectivity index (χ0v) is 17.8. The SMILES string of the molecule is O=C(CCCN1C(=O)/C(=C/c2ccc(F)cc2)SC1=S)NCCc1ccc(O)cc1. The highest BCUT2D eigenvalue weighted by atomic mass is 32.2. The summed E-state index contributed by atoms with van der Waals surface area (Å²) < 4.78 is 13.5. The maximum atomic E-state index is 13.0. The first kappa shape index (κ1) is 22.0. The van der Waals surface area contributed by atoms with E-state index >= 15 is 0 Å². The van der Waals surface area contributed by atoms with Gasteiger partial charge in [-0.3, -0.25) is 14.5 Å². The van der Waals surface area contributed by atoms with E-state index in [9.17, 15) is 19.1 Å². The predicted molar refractivity (Wildman–Crippen MR) is 120 cm³/mol. The average Bonchev–Trinajstić information content (AvgIpc) is 2.98. The molecule has 2 aromatic carbocycles. The third kappa shape index (κ3) is 6.14. The number of rotatable bonds is 8. The topological polar surface area (TPSA) is 69.6 Å². The van der Waals surface area contributed by atoms with Gasteiger partial charge < -0.3 is 10.4 Å². The Labute approximate surface area is 184 Å². The minimum atomic E-state index is -0.332. The first-order valence-electron chi connectivity index (χ1n) is 9.48. The quantitative estimate of drug-likeness (QED) is 0.478. The molecule has 8 heteroatoms. The molecule has 0 unspecified atom stereocenters. The Balaban J connectivity index is 1.42. The smallest absolute Gasteiger partial charge is 0.266 e. The summed E-state index contributed by atoms with van der Waals surface area (Å²) in [5, 5.41) is 12.1. The van der Waals surface area contributed by atoms with Crippen LogP contribution in [0.25, 0.3) is 6.08 Å². The largest absolute Gasteiger partial charge is 0.508 e. The molecule has 3 rings (SSSR count). The summed E-state index contributed by atoms with van der Waals surface area (Å²) in [6, 6.07) is 12.7. The number of carbonyl (C=O) groups excluding carboxylic acids is 2. The van der Waals surface area contributed by atoms with Crippen LogP contribution >= 0.6 is 24.0 Å². The summed E-state index contributed by atoms with van der Waals surface area (Å²) in [6.45, 7) is 0.877. The third-order valence-electron chi connectivity index (χ3n) is 4.50. The first-order valence-corrected chi connectivity index (χ1v) is 10.7. The van der Waals surface area contributed by atoms with Gasteiger partial charge in [0.2, 0.25) is 5.91 Å². The molecule has 0 spiro atoms. The van der Waals surface area contributed by atoms with Gasteiger partial charge in [0.15, 0.2) is 0 Å². The van der Waals surface area contributed by atoms with Gasteiger partial charge in [-0.05, 0) is 54.3 Å². The van der Waals surface area contributed by atoms with Crippen molar-refractivity contribution in [3.63, 3.8) is 0 Å². The molecule has 1 fully saturated rings. The van der Waals surface area contributed by atoms with Crippen LogP contribution in [-0.4, -0.2) is 39.2 Å². The Morgan fingerprint density at radius 3 is 2.57 bits per heavy atom. The molecule has 2 N–H and O–H groups in total. The van der Waals surface area contributed by atoms with Crippen LogP contribution in [0.15, 0.2) is 53.4 Å². The van der Waals surface area contributed by atoms with Crippen molar-refractivity contribution < 1.29 is 19.1 Å². The molecule has 156 valence electrons. The third-order valence-corrected chi connectivity index (χ3v) is 5.88. The van der Waals surface area contributed by atoms with E-state index < -0.39 is 0 Å². The van der Waals surface area contributed by atoms with Gasteiger partial charge in [0.05, 0.1) is 4.91 Å². The minimum absolute atomic E-state index is 0.0823. The number of phenols is 1. The Bertz CT molecular complexity index is 959. The van der Waals surface area contributed by atoms with E-state index in [1.807, 2.05) is 12.1 Å². The Morgan fingerprint density at radius 2 is 1.87 bits per heavy atom. The number of nitrogens with one attached hydrogen (secondary N) is 1. The van der Waals surface area contributed by atoms with Crippen molar-refractivity contribution in [1.29, 1.82) is 0 Å². The van der Waals surface area contributed by atoms with E-state index in [1.54, 1.807) is 30.3 Å². The fraction of sp³-hybridized carbons (Fsp3) is 0.227. The number of hydrogen-bond acceptors (Lipinski definition) is 5. The molecular weight excluding hydrogens is 423 g/mol. The van der Waals surface area contributed by atoms with E-state index in [0.29, 0.717) is 41.6 Å². The second-order valence-electron chi connectivity index (χ2n) is 6.75. The van der Waals surface area contributed by atoms with Crippen LogP contribution in [0.5, 0.6) is 5.75 Å². The van der Waals surface area contributed by atoms with E-state index in [4.69, 9.17) is 12.2 Å². The van der Waals surface area contributed by atoms with E-state index in [1.165, 1.54) is 28.8 Å². The lowest BCUT2D eigenvalue weighted by Gasteiger charge is -2.14. The molecule has 0 bridgehead atoms. The number of nitrogens with zero attached hydrogens (tertiary/aromatic N) is 1. The molecule has 30 heavy (non-hydrogen) atoms. The Kier molecular flexibility index (Phi) is 7.59. The first-order chi connectivity index (χ1) is 14.4. The van der Waals surface area contributed by atoms with Crippen LogP contribution < -0.4 is 5.32 Å². The van der Waals surface area contributed by atoms with Gasteiger partial charge in [0.1, 0.15) is 15.9 Å². The molecule has 1 saturated heterocycles. The number of phenolic OH excluding ortho intramolecular Hbond substituents is 1. The maximum absolute atomic E-state index is 13.0. The Hall–Kier alpha value is -2.71. The van der Waals surface area contributed by atoms with Crippen LogP contribution in [0.1, 0.15) is 24.0 Å². The lowest BCUT2D eigenvalue weighted by atomic mass is 10.1. The average molecular weight is 445 g/mol. The van der Waals surface area contributed by atoms with Gasteiger partial charge in [-0.25, -0.2) is 4.39 Å². The van der Waals surface area contributed by atoms with Crippen LogP contribution in [0, 0.1) is 5.82 Å². The van der Waals surface area contributed by atoms with Crippen LogP contribution in [0.2, 0.25) is 0 Å². The predicted octanol–water partition coefficient (Wildman–Crippen LogP) is 3.87. The number of benzene rings is 2. The Morgan fingerprint density at radius 1 is 1.17 bits per heavy atom. The molecule has 0 radical (unpaired) electrons. The van der Waals surface area contributed by atoms with E-state index in [0.717, 1.165) is 11.1 Å². The molecule has 5 nitrogen and oxygen atoms in total. The maximum Gasteiger partial charge on any atom is 0.266 e. The fourth-order valence-electron chi connectivity index (χ4n) is 2.90. The second kappa shape index (κ2) is 10.4. The van der Waals surface area contributed by atoms with Crippen molar-refractivity contribution in [3.05, 3.63) is 70.4 Å². The zero-order valence-electron chi connectivity index (χ0n) is 16.1. The number of amides is 2. The van der Waals surface area contributed by atoms with Crippen molar-refractivity contribution >= 4 is 46.2 Å². The molecule has 1 heterocycles. The van der Waals surface area contributed by atoms with E-state index in [-0.39, 0.29) is 23.4 Å². The van der Waals surface area contributed by atoms with Gasteiger partial charge in [0.25, 0.3) is 5.91 Å². The van der Waals surface area contributed by atoms with Gasteiger partial charge in [-0.1, -0.05) is 48.2 Å². The monoisotopic (exact) mass is 444 g/mol. The lowest BCUT2D eigenvalue weighted by molar-refractivity contribution is -0.123. The van der Waals surface area contributed by atoms with Gasteiger partial charge in [0, 0.05) is 19.5 Å². The van der Waals surface area contributed by atoms with Crippen molar-refractivity contribution in [2.45, 2.75) is 19.3 Å². The van der Waals surface area contributed by atoms with Gasteiger partial charge >= 0.3 is 0 Å². The summed E-state index contributed by atoms with van der Waals surface area (Å²) in [7, 11) is 0. The number of aromatic hydroxyl groups is 1. The van der Waals surface area contributed by atoms with Gasteiger partial charge in [-0.2, -0.15) is 0 Å². The van der Waals surface area contributed by atoms with Crippen molar-refractivity contribution in [3.8, 4) is 5.75 Å². The summed E-state index contributed by atoms with van der Waals surface area (Å²) in [5.41, 5.74) is 1.75. The van der Waals surface area contributed by atoms with Crippen LogP contribution in [-0.2, 0) is 16.0 Å².